The zero-order chi connectivity index (χ0) is 18.2. The Bertz CT molecular complexity index is 696. The molecule has 1 fully saturated rings. The number of aromatic nitrogens is 2. The molecule has 0 spiro atoms. The van der Waals surface area contributed by atoms with Gasteiger partial charge in [-0.25, -0.2) is 9.97 Å². The average molecular weight is 357 g/mol. The van der Waals surface area contributed by atoms with Crippen LogP contribution in [0.5, 0.6) is 5.75 Å². The van der Waals surface area contributed by atoms with Gasteiger partial charge in [-0.1, -0.05) is 12.1 Å². The molecule has 140 valence electrons. The maximum absolute atomic E-state index is 8.90. The van der Waals surface area contributed by atoms with Gasteiger partial charge in [-0.2, -0.15) is 0 Å². The van der Waals surface area contributed by atoms with Crippen LogP contribution in [0.1, 0.15) is 17.0 Å². The summed E-state index contributed by atoms with van der Waals surface area (Å²) in [5, 5.41) is 8.90. The summed E-state index contributed by atoms with van der Waals surface area (Å²) < 4.78 is 11.3. The highest BCUT2D eigenvalue weighted by Crippen LogP contribution is 2.18. The van der Waals surface area contributed by atoms with Crippen LogP contribution in [-0.4, -0.2) is 59.5 Å². The monoisotopic (exact) mass is 357 g/mol. The molecule has 2 aromatic rings. The second-order valence-corrected chi connectivity index (χ2v) is 6.75. The lowest BCUT2D eigenvalue weighted by Gasteiger charge is -2.23. The minimum absolute atomic E-state index is 0.0257. The molecule has 0 amide bonds. The van der Waals surface area contributed by atoms with Crippen LogP contribution >= 0.6 is 0 Å². The minimum atomic E-state index is 0.0257. The van der Waals surface area contributed by atoms with Crippen molar-refractivity contribution in [2.24, 2.45) is 5.92 Å². The van der Waals surface area contributed by atoms with Crippen LogP contribution in [-0.2, 0) is 17.7 Å². The van der Waals surface area contributed by atoms with Crippen LogP contribution in [0, 0.1) is 12.8 Å². The number of aliphatic hydroxyl groups excluding tert-OH is 1. The standard InChI is InChI=1S/C20H27N3O3/c1-16-9-19(22-15-21-16)10-18-13-23(5-7-25-14-18)12-17-3-2-4-20(11-17)26-8-6-24/h2-4,9,11,15,18,24H,5-8,10,12-14H2,1H3. The lowest BCUT2D eigenvalue weighted by atomic mass is 10.0. The van der Waals surface area contributed by atoms with E-state index in [4.69, 9.17) is 14.6 Å². The third-order valence-corrected chi connectivity index (χ3v) is 4.44. The van der Waals surface area contributed by atoms with Crippen molar-refractivity contribution in [3.8, 4) is 5.75 Å². The molecule has 6 nitrogen and oxygen atoms in total. The van der Waals surface area contributed by atoms with Crippen LogP contribution in [0.2, 0.25) is 0 Å². The highest BCUT2D eigenvalue weighted by Gasteiger charge is 2.20. The van der Waals surface area contributed by atoms with Crippen molar-refractivity contribution in [3.63, 3.8) is 0 Å². The van der Waals surface area contributed by atoms with Gasteiger partial charge in [-0.05, 0) is 37.1 Å². The summed E-state index contributed by atoms with van der Waals surface area (Å²) >= 11 is 0. The normalized spacial score (nSPS) is 18.5. The molecule has 0 saturated carbocycles. The van der Waals surface area contributed by atoms with E-state index in [0.29, 0.717) is 12.5 Å². The third kappa shape index (κ3) is 5.76. The van der Waals surface area contributed by atoms with Gasteiger partial charge in [-0.3, -0.25) is 4.90 Å². The van der Waals surface area contributed by atoms with Crippen molar-refractivity contribution in [3.05, 3.63) is 53.6 Å². The zero-order valence-electron chi connectivity index (χ0n) is 15.3. The first kappa shape index (κ1) is 18.8. The van der Waals surface area contributed by atoms with Crippen molar-refractivity contribution in [2.75, 3.05) is 39.5 Å². The molecular formula is C20H27N3O3. The second-order valence-electron chi connectivity index (χ2n) is 6.75. The minimum Gasteiger partial charge on any atom is -0.491 e. The lowest BCUT2D eigenvalue weighted by molar-refractivity contribution is 0.121. The summed E-state index contributed by atoms with van der Waals surface area (Å²) in [5.74, 6) is 1.22. The largest absolute Gasteiger partial charge is 0.491 e. The molecule has 1 aromatic heterocycles. The van der Waals surface area contributed by atoms with Crippen molar-refractivity contribution >= 4 is 0 Å². The van der Waals surface area contributed by atoms with Gasteiger partial charge in [-0.15, -0.1) is 0 Å². The lowest BCUT2D eigenvalue weighted by Crippen LogP contribution is -2.30. The molecule has 0 bridgehead atoms. The van der Waals surface area contributed by atoms with E-state index in [1.165, 1.54) is 5.56 Å². The Morgan fingerprint density at radius 2 is 2.23 bits per heavy atom. The van der Waals surface area contributed by atoms with E-state index in [-0.39, 0.29) is 6.61 Å². The van der Waals surface area contributed by atoms with Crippen molar-refractivity contribution < 1.29 is 14.6 Å². The molecule has 1 aliphatic heterocycles. The van der Waals surface area contributed by atoms with Gasteiger partial charge in [0, 0.05) is 36.9 Å². The van der Waals surface area contributed by atoms with E-state index in [1.807, 2.05) is 25.1 Å². The molecule has 1 N–H and O–H groups in total. The maximum Gasteiger partial charge on any atom is 0.119 e. The Morgan fingerprint density at radius 3 is 3.08 bits per heavy atom. The molecule has 6 heteroatoms. The average Bonchev–Trinajstić information content (AvgIpc) is 2.85. The summed E-state index contributed by atoms with van der Waals surface area (Å²) in [6.07, 6.45) is 2.54. The highest BCUT2D eigenvalue weighted by molar-refractivity contribution is 5.28. The first-order chi connectivity index (χ1) is 12.7. The Hall–Kier alpha value is -2.02. The van der Waals surface area contributed by atoms with Crippen molar-refractivity contribution in [2.45, 2.75) is 19.9 Å². The smallest absolute Gasteiger partial charge is 0.119 e. The fourth-order valence-electron chi connectivity index (χ4n) is 3.29. The fourth-order valence-corrected chi connectivity index (χ4v) is 3.29. The third-order valence-electron chi connectivity index (χ3n) is 4.44. The van der Waals surface area contributed by atoms with Gasteiger partial charge >= 0.3 is 0 Å². The molecule has 0 radical (unpaired) electrons. The molecule has 26 heavy (non-hydrogen) atoms. The summed E-state index contributed by atoms with van der Waals surface area (Å²) in [6, 6.07) is 10.1. The van der Waals surface area contributed by atoms with Crippen LogP contribution in [0.4, 0.5) is 0 Å². The van der Waals surface area contributed by atoms with Gasteiger partial charge in [0.2, 0.25) is 0 Å². The van der Waals surface area contributed by atoms with Gasteiger partial charge in [0.15, 0.2) is 0 Å². The molecule has 1 saturated heterocycles. The van der Waals surface area contributed by atoms with E-state index < -0.39 is 0 Å². The molecule has 1 atom stereocenters. The van der Waals surface area contributed by atoms with Crippen molar-refractivity contribution in [1.82, 2.24) is 14.9 Å². The molecule has 0 aliphatic carbocycles. The first-order valence-electron chi connectivity index (χ1n) is 9.13. The Labute approximate surface area is 154 Å². The predicted octanol–water partition coefficient (Wildman–Crippen LogP) is 1.85. The summed E-state index contributed by atoms with van der Waals surface area (Å²) in [4.78, 5) is 11.0. The van der Waals surface area contributed by atoms with Gasteiger partial charge in [0.1, 0.15) is 18.7 Å². The molecule has 1 unspecified atom stereocenters. The highest BCUT2D eigenvalue weighted by atomic mass is 16.5. The topological polar surface area (TPSA) is 67.7 Å². The Kier molecular flexibility index (Phi) is 6.94. The number of aryl methyl sites for hydroxylation is 1. The van der Waals surface area contributed by atoms with E-state index in [1.54, 1.807) is 6.33 Å². The van der Waals surface area contributed by atoms with E-state index >= 15 is 0 Å². The second kappa shape index (κ2) is 9.62. The zero-order valence-corrected chi connectivity index (χ0v) is 15.3. The number of aliphatic hydroxyl groups is 1. The van der Waals surface area contributed by atoms with Crippen LogP contribution < -0.4 is 4.74 Å². The molecule has 2 heterocycles. The van der Waals surface area contributed by atoms with E-state index in [0.717, 1.165) is 56.4 Å². The number of rotatable bonds is 7. The van der Waals surface area contributed by atoms with Crippen LogP contribution in [0.15, 0.2) is 36.7 Å². The first-order valence-corrected chi connectivity index (χ1v) is 9.13. The molecule has 1 aromatic carbocycles. The van der Waals surface area contributed by atoms with Gasteiger partial charge in [0.25, 0.3) is 0 Å². The summed E-state index contributed by atoms with van der Waals surface area (Å²) in [7, 11) is 0. The predicted molar refractivity (Wildman–Crippen MR) is 99.1 cm³/mol. The van der Waals surface area contributed by atoms with E-state index in [9.17, 15) is 0 Å². The van der Waals surface area contributed by atoms with Gasteiger partial charge < -0.3 is 14.6 Å². The van der Waals surface area contributed by atoms with E-state index in [2.05, 4.69) is 27.0 Å². The number of hydrogen-bond acceptors (Lipinski definition) is 6. The molecule has 3 rings (SSSR count). The van der Waals surface area contributed by atoms with Gasteiger partial charge in [0.05, 0.1) is 19.8 Å². The van der Waals surface area contributed by atoms with Crippen LogP contribution in [0.25, 0.3) is 0 Å². The molecular weight excluding hydrogens is 330 g/mol. The fraction of sp³-hybridized carbons (Fsp3) is 0.500. The number of ether oxygens (including phenoxy) is 2. The maximum atomic E-state index is 8.90. The number of nitrogens with zero attached hydrogens (tertiary/aromatic N) is 3. The number of hydrogen-bond donors (Lipinski definition) is 1. The van der Waals surface area contributed by atoms with Crippen LogP contribution in [0.3, 0.4) is 0 Å². The molecule has 1 aliphatic rings. The number of benzene rings is 1. The Balaban J connectivity index is 1.60. The summed E-state index contributed by atoms with van der Waals surface area (Å²) in [5.41, 5.74) is 3.28. The summed E-state index contributed by atoms with van der Waals surface area (Å²) in [6.45, 7) is 6.61. The Morgan fingerprint density at radius 1 is 1.31 bits per heavy atom. The quantitative estimate of drug-likeness (QED) is 0.816. The van der Waals surface area contributed by atoms with Crippen molar-refractivity contribution in [1.29, 1.82) is 0 Å². The SMILES string of the molecule is Cc1cc(CC2COCCN(Cc3cccc(OCCO)c3)C2)ncn1.